The van der Waals surface area contributed by atoms with E-state index in [1.165, 1.54) is 0 Å². The summed E-state index contributed by atoms with van der Waals surface area (Å²) in [5.41, 5.74) is 0. The molecule has 26 valence electrons. The fraction of sp³-hybridized carbons (Fsp3) is 0. The fourth-order valence-corrected chi connectivity index (χ4v) is 0. The zero-order chi connectivity index (χ0) is 2.00. The van der Waals surface area contributed by atoms with E-state index in [4.69, 9.17) is 3.08 Å². The average molecular weight is 311 g/mol. The number of hydrogen-bond acceptors (Lipinski definition) is 1. The van der Waals surface area contributed by atoms with Crippen LogP contribution in [0.25, 0.3) is 0 Å². The van der Waals surface area contributed by atoms with Crippen molar-refractivity contribution in [1.29, 1.82) is 0 Å². The predicted octanol–water partition coefficient (Wildman–Crippen LogP) is -1.69. The topological polar surface area (TPSA) is 17.1 Å². The van der Waals surface area contributed by atoms with Crippen LogP contribution in [0.3, 0.4) is 0 Å². The molecule has 1 nitrogen and oxygen atoms in total. The standard InChI is InChI=1S/In.Ni.O.Sn.3H. The molecular weight excluding hydrogens is 308 g/mol. The molecule has 0 aliphatic rings. The molecule has 0 rings (SSSR count). The van der Waals surface area contributed by atoms with Gasteiger partial charge in [-0.3, -0.25) is 0 Å². The minimum atomic E-state index is 0. The molecule has 0 unspecified atom stereocenters. The number of rotatable bonds is 0. The van der Waals surface area contributed by atoms with E-state index < -0.39 is 0 Å². The van der Waals surface area contributed by atoms with E-state index in [1.54, 1.807) is 0 Å². The Labute approximate surface area is 67.1 Å². The molecule has 0 heterocycles. The zero-order valence-electron chi connectivity index (χ0n) is 1.22. The Morgan fingerprint density at radius 1 is 1.25 bits per heavy atom. The monoisotopic (exact) mass is 312 g/mol. The van der Waals surface area contributed by atoms with Crippen molar-refractivity contribution in [3.05, 3.63) is 0 Å². The second-order valence-corrected chi connectivity index (χ2v) is 0. The van der Waals surface area contributed by atoms with E-state index in [0.717, 1.165) is 0 Å². The molecule has 0 fully saturated rings. The van der Waals surface area contributed by atoms with Crippen LogP contribution in [0.4, 0.5) is 0 Å². The molecule has 2 radical (unpaired) electrons. The third kappa shape index (κ3) is 9.03. The molecule has 4 heteroatoms. The summed E-state index contributed by atoms with van der Waals surface area (Å²) in [5, 5.41) is 0. The summed E-state index contributed by atoms with van der Waals surface area (Å²) in [7, 11) is 0. The van der Waals surface area contributed by atoms with Gasteiger partial charge in [-0.25, -0.2) is 0 Å². The van der Waals surface area contributed by atoms with Crippen LogP contribution >= 0.6 is 0 Å². The van der Waals surface area contributed by atoms with Gasteiger partial charge in [0.1, 0.15) is 0 Å². The van der Waals surface area contributed by atoms with Crippen molar-refractivity contribution in [3.63, 3.8) is 0 Å². The quantitative estimate of drug-likeness (QED) is 0.488. The predicted molar refractivity (Wildman–Crippen MR) is 16.4 cm³/mol. The molecule has 0 saturated heterocycles. The summed E-state index contributed by atoms with van der Waals surface area (Å²) in [6, 6.07) is 0. The Morgan fingerprint density at radius 3 is 1.25 bits per heavy atom. The van der Waals surface area contributed by atoms with Crippen LogP contribution in [0.15, 0.2) is 0 Å². The van der Waals surface area contributed by atoms with Gasteiger partial charge in [-0.1, -0.05) is 0 Å². The Hall–Kier alpha value is 1.96. The van der Waals surface area contributed by atoms with Crippen molar-refractivity contribution in [3.8, 4) is 0 Å². The summed E-state index contributed by atoms with van der Waals surface area (Å²) in [5.74, 6) is 0. The first-order valence-corrected chi connectivity index (χ1v) is 1.37. The molecule has 4 heavy (non-hydrogen) atoms. The van der Waals surface area contributed by atoms with E-state index >= 15 is 0 Å². The van der Waals surface area contributed by atoms with Crippen LogP contribution < -0.4 is 0 Å². The molecule has 0 atom stereocenters. The first kappa shape index (κ1) is 16.7. The maximum atomic E-state index is 8.34. The van der Waals surface area contributed by atoms with Gasteiger partial charge in [-0.05, 0) is 0 Å². The van der Waals surface area contributed by atoms with Crippen LogP contribution in [0.1, 0.15) is 0 Å². The van der Waals surface area contributed by atoms with Crippen molar-refractivity contribution in [1.82, 2.24) is 0 Å². The summed E-state index contributed by atoms with van der Waals surface area (Å²) < 4.78 is 8.34. The summed E-state index contributed by atoms with van der Waals surface area (Å²) in [6.07, 6.45) is 0. The Kier molecular flexibility index (Phi) is 84.6. The van der Waals surface area contributed by atoms with Gasteiger partial charge < -0.3 is 0 Å². The molecule has 0 saturated carbocycles. The van der Waals surface area contributed by atoms with E-state index in [2.05, 4.69) is 0 Å². The van der Waals surface area contributed by atoms with Crippen LogP contribution in [-0.2, 0) is 19.6 Å². The van der Waals surface area contributed by atoms with Gasteiger partial charge in [0.2, 0.25) is 0 Å². The van der Waals surface area contributed by atoms with Crippen molar-refractivity contribution >= 4 is 48.4 Å². The third-order valence-electron chi connectivity index (χ3n) is 0. The van der Waals surface area contributed by atoms with Gasteiger partial charge in [0.15, 0.2) is 0 Å². The SMILES string of the molecule is [InH3].[Ni].[O]=[Sn]. The normalized spacial score (nSPS) is 1.00. The van der Waals surface area contributed by atoms with Gasteiger partial charge in [-0.2, -0.15) is 0 Å². The Morgan fingerprint density at radius 2 is 1.25 bits per heavy atom. The minimum absolute atomic E-state index is 0. The Bertz CT molecular complexity index is 8.00. The second-order valence-electron chi connectivity index (χ2n) is 0. The van der Waals surface area contributed by atoms with E-state index in [1.807, 2.05) is 0 Å². The van der Waals surface area contributed by atoms with E-state index in [-0.39, 0.29) is 42.3 Å². The van der Waals surface area contributed by atoms with Gasteiger partial charge in [-0.15, -0.1) is 0 Å². The molecule has 0 bridgehead atoms. The first-order chi connectivity index (χ1) is 1.00. The molecule has 0 aliphatic carbocycles. The van der Waals surface area contributed by atoms with Crippen LogP contribution in [0, 0.1) is 0 Å². The molecule has 0 N–H and O–H groups in total. The fourth-order valence-electron chi connectivity index (χ4n) is 0. The molecule has 0 amide bonds. The molecule has 0 aromatic carbocycles. The van der Waals surface area contributed by atoms with Gasteiger partial charge >= 0.3 is 51.4 Å². The number of hydrogen-bond donors (Lipinski definition) is 0. The van der Waals surface area contributed by atoms with Crippen molar-refractivity contribution in [2.45, 2.75) is 0 Å². The molecule has 0 aromatic rings. The Balaban J connectivity index is -0.00000000500. The van der Waals surface area contributed by atoms with Crippen LogP contribution in [0.2, 0.25) is 0 Å². The van der Waals surface area contributed by atoms with Crippen molar-refractivity contribution in [2.24, 2.45) is 0 Å². The molecule has 0 aromatic heterocycles. The van der Waals surface area contributed by atoms with Crippen molar-refractivity contribution in [2.75, 3.05) is 0 Å². The zero-order valence-corrected chi connectivity index (χ0v) is 5.07. The molecule has 0 spiro atoms. The van der Waals surface area contributed by atoms with Gasteiger partial charge in [0.25, 0.3) is 0 Å². The second kappa shape index (κ2) is 20.2. The summed E-state index contributed by atoms with van der Waals surface area (Å²) in [6.45, 7) is 0. The summed E-state index contributed by atoms with van der Waals surface area (Å²) in [4.78, 5) is 0. The van der Waals surface area contributed by atoms with Crippen molar-refractivity contribution < 1.29 is 19.6 Å². The van der Waals surface area contributed by atoms with Crippen LogP contribution in [-0.4, -0.2) is 48.4 Å². The average Bonchev–Trinajstić information content (AvgIpc) is 1.00. The van der Waals surface area contributed by atoms with Crippen LogP contribution in [0.5, 0.6) is 0 Å². The molecule has 0 aliphatic heterocycles. The van der Waals surface area contributed by atoms with Gasteiger partial charge in [0, 0.05) is 16.5 Å². The summed E-state index contributed by atoms with van der Waals surface area (Å²) >= 11 is 0.300. The maximum absolute atomic E-state index is 8.34. The van der Waals surface area contributed by atoms with Gasteiger partial charge in [0.05, 0.1) is 0 Å². The van der Waals surface area contributed by atoms with E-state index in [0.29, 0.717) is 22.5 Å². The van der Waals surface area contributed by atoms with E-state index in [9.17, 15) is 0 Å². The first-order valence-electron chi connectivity index (χ1n) is 0.204. The third-order valence-corrected chi connectivity index (χ3v) is 0. The molecular formula is H3InNiOSn.